The molecule has 0 amide bonds. The van der Waals surface area contributed by atoms with Crippen LogP contribution in [0.15, 0.2) is 0 Å². The summed E-state index contributed by atoms with van der Waals surface area (Å²) < 4.78 is 0. The van der Waals surface area contributed by atoms with Gasteiger partial charge >= 0.3 is 5.97 Å². The normalized spacial score (nSPS) is 12.8. The molecule has 2 N–H and O–H groups in total. The van der Waals surface area contributed by atoms with Gasteiger partial charge in [0.25, 0.3) is 0 Å². The van der Waals surface area contributed by atoms with E-state index in [2.05, 4.69) is 12.2 Å². The smallest absolute Gasteiger partial charge is 0.303 e. The van der Waals surface area contributed by atoms with Crippen LogP contribution >= 0.6 is 0 Å². The largest absolute Gasteiger partial charge is 0.481 e. The van der Waals surface area contributed by atoms with Crippen LogP contribution in [-0.2, 0) is 4.79 Å². The molecule has 0 aliphatic rings. The summed E-state index contributed by atoms with van der Waals surface area (Å²) in [7, 11) is 1.89. The van der Waals surface area contributed by atoms with Crippen LogP contribution in [0.1, 0.15) is 39.0 Å². The molecule has 3 heteroatoms. The lowest BCUT2D eigenvalue weighted by Gasteiger charge is -2.13. The highest BCUT2D eigenvalue weighted by Crippen LogP contribution is 2.06. The van der Waals surface area contributed by atoms with Crippen molar-refractivity contribution in [1.29, 1.82) is 0 Å². The fourth-order valence-electron chi connectivity index (χ4n) is 1.18. The molecule has 0 saturated heterocycles. The Morgan fingerprint density at radius 1 is 1.50 bits per heavy atom. The minimum Gasteiger partial charge on any atom is -0.481 e. The van der Waals surface area contributed by atoms with E-state index in [1.54, 1.807) is 0 Å². The van der Waals surface area contributed by atoms with Gasteiger partial charge in [0.2, 0.25) is 0 Å². The average Bonchev–Trinajstić information content (AvgIpc) is 2.05. The standard InChI is InChI=1S/C9H19NO2/c1-3-4-5-8(10-2)6-7-9(11)12/h8,10H,3-7H2,1-2H3,(H,11,12). The highest BCUT2D eigenvalue weighted by atomic mass is 16.4. The second kappa shape index (κ2) is 7.10. The number of carboxylic acid groups (broad SMARTS) is 1. The van der Waals surface area contributed by atoms with Gasteiger partial charge in [-0.2, -0.15) is 0 Å². The van der Waals surface area contributed by atoms with E-state index in [0.29, 0.717) is 6.04 Å². The first-order valence-corrected chi connectivity index (χ1v) is 4.59. The van der Waals surface area contributed by atoms with Crippen LogP contribution < -0.4 is 5.32 Å². The van der Waals surface area contributed by atoms with Crippen molar-refractivity contribution < 1.29 is 9.90 Å². The first-order valence-electron chi connectivity index (χ1n) is 4.59. The van der Waals surface area contributed by atoms with Crippen molar-refractivity contribution in [2.45, 2.75) is 45.1 Å². The van der Waals surface area contributed by atoms with Gasteiger partial charge in [0.1, 0.15) is 0 Å². The van der Waals surface area contributed by atoms with E-state index in [4.69, 9.17) is 5.11 Å². The number of hydrogen-bond acceptors (Lipinski definition) is 2. The molecule has 0 aromatic heterocycles. The van der Waals surface area contributed by atoms with Crippen LogP contribution in [0.3, 0.4) is 0 Å². The molecule has 72 valence electrons. The summed E-state index contributed by atoms with van der Waals surface area (Å²) in [6, 6.07) is 0.376. The van der Waals surface area contributed by atoms with Gasteiger partial charge in [-0.1, -0.05) is 19.8 Å². The second-order valence-electron chi connectivity index (χ2n) is 3.06. The molecule has 0 spiro atoms. The molecule has 0 rings (SSSR count). The molecule has 0 fully saturated rings. The molecular weight excluding hydrogens is 154 g/mol. The molecule has 0 aromatic rings. The van der Waals surface area contributed by atoms with Gasteiger partial charge in [0, 0.05) is 12.5 Å². The number of rotatable bonds is 7. The second-order valence-corrected chi connectivity index (χ2v) is 3.06. The number of carboxylic acids is 1. The Morgan fingerprint density at radius 2 is 2.17 bits per heavy atom. The predicted molar refractivity (Wildman–Crippen MR) is 49.2 cm³/mol. The lowest BCUT2D eigenvalue weighted by Crippen LogP contribution is -2.25. The third kappa shape index (κ3) is 6.16. The summed E-state index contributed by atoms with van der Waals surface area (Å²) in [4.78, 5) is 10.3. The van der Waals surface area contributed by atoms with Gasteiger partial charge < -0.3 is 10.4 Å². The summed E-state index contributed by atoms with van der Waals surface area (Å²) in [5.41, 5.74) is 0. The van der Waals surface area contributed by atoms with Gasteiger partial charge in [-0.3, -0.25) is 4.79 Å². The summed E-state index contributed by atoms with van der Waals surface area (Å²) in [6.45, 7) is 2.14. The van der Waals surface area contributed by atoms with E-state index in [1.165, 1.54) is 12.8 Å². The van der Waals surface area contributed by atoms with Crippen LogP contribution in [0, 0.1) is 0 Å². The van der Waals surface area contributed by atoms with E-state index >= 15 is 0 Å². The maximum absolute atomic E-state index is 10.3. The molecular formula is C9H19NO2. The van der Waals surface area contributed by atoms with Crippen molar-refractivity contribution in [3.63, 3.8) is 0 Å². The lowest BCUT2D eigenvalue weighted by molar-refractivity contribution is -0.137. The summed E-state index contributed by atoms with van der Waals surface area (Å²) in [5, 5.41) is 11.6. The Morgan fingerprint density at radius 3 is 2.58 bits per heavy atom. The van der Waals surface area contributed by atoms with Crippen LogP contribution in [-0.4, -0.2) is 24.2 Å². The first kappa shape index (κ1) is 11.4. The molecule has 3 nitrogen and oxygen atoms in total. The Labute approximate surface area is 74.2 Å². The molecule has 0 aliphatic heterocycles. The minimum atomic E-state index is -0.702. The predicted octanol–water partition coefficient (Wildman–Crippen LogP) is 1.63. The highest BCUT2D eigenvalue weighted by molar-refractivity contribution is 5.66. The SMILES string of the molecule is CCCCC(CCC(=O)O)NC. The van der Waals surface area contributed by atoms with Crippen molar-refractivity contribution >= 4 is 5.97 Å². The lowest BCUT2D eigenvalue weighted by atomic mass is 10.1. The van der Waals surface area contributed by atoms with Crippen LogP contribution in [0.25, 0.3) is 0 Å². The van der Waals surface area contributed by atoms with Crippen LogP contribution in [0.5, 0.6) is 0 Å². The Balaban J connectivity index is 3.45. The minimum absolute atomic E-state index is 0.273. The zero-order valence-corrected chi connectivity index (χ0v) is 7.97. The fraction of sp³-hybridized carbons (Fsp3) is 0.889. The third-order valence-electron chi connectivity index (χ3n) is 2.02. The molecule has 0 aliphatic carbocycles. The third-order valence-corrected chi connectivity index (χ3v) is 2.02. The molecule has 12 heavy (non-hydrogen) atoms. The van der Waals surface area contributed by atoms with Crippen LogP contribution in [0.4, 0.5) is 0 Å². The number of carbonyl (C=O) groups is 1. The monoisotopic (exact) mass is 173 g/mol. The highest BCUT2D eigenvalue weighted by Gasteiger charge is 2.07. The summed E-state index contributed by atoms with van der Waals surface area (Å²) in [6.07, 6.45) is 4.44. The van der Waals surface area contributed by atoms with Crippen molar-refractivity contribution in [3.8, 4) is 0 Å². The molecule has 0 radical (unpaired) electrons. The topological polar surface area (TPSA) is 49.3 Å². The van der Waals surface area contributed by atoms with Gasteiger partial charge in [-0.05, 0) is 19.9 Å². The summed E-state index contributed by atoms with van der Waals surface area (Å²) in [5.74, 6) is -0.702. The van der Waals surface area contributed by atoms with Gasteiger partial charge in [-0.15, -0.1) is 0 Å². The fourth-order valence-corrected chi connectivity index (χ4v) is 1.18. The Kier molecular flexibility index (Phi) is 6.76. The maximum Gasteiger partial charge on any atom is 0.303 e. The molecule has 1 unspecified atom stereocenters. The van der Waals surface area contributed by atoms with Crippen molar-refractivity contribution in [3.05, 3.63) is 0 Å². The zero-order valence-electron chi connectivity index (χ0n) is 7.97. The van der Waals surface area contributed by atoms with Crippen molar-refractivity contribution in [2.75, 3.05) is 7.05 Å². The average molecular weight is 173 g/mol. The van der Waals surface area contributed by atoms with E-state index in [9.17, 15) is 4.79 Å². The Bertz CT molecular complexity index is 126. The van der Waals surface area contributed by atoms with Gasteiger partial charge in [0.05, 0.1) is 0 Å². The quantitative estimate of drug-likeness (QED) is 0.615. The van der Waals surface area contributed by atoms with E-state index in [1.807, 2.05) is 7.05 Å². The van der Waals surface area contributed by atoms with E-state index < -0.39 is 5.97 Å². The number of hydrogen-bond donors (Lipinski definition) is 2. The van der Waals surface area contributed by atoms with Gasteiger partial charge in [-0.25, -0.2) is 0 Å². The van der Waals surface area contributed by atoms with E-state index in [0.717, 1.165) is 12.8 Å². The number of aliphatic carboxylic acids is 1. The first-order chi connectivity index (χ1) is 5.70. The molecule has 0 saturated carbocycles. The Hall–Kier alpha value is -0.570. The summed E-state index contributed by atoms with van der Waals surface area (Å²) >= 11 is 0. The molecule has 0 aromatic carbocycles. The molecule has 0 heterocycles. The molecule has 0 bridgehead atoms. The van der Waals surface area contributed by atoms with Crippen molar-refractivity contribution in [1.82, 2.24) is 5.32 Å². The number of nitrogens with one attached hydrogen (secondary N) is 1. The maximum atomic E-state index is 10.3. The number of unbranched alkanes of at least 4 members (excludes halogenated alkanes) is 1. The van der Waals surface area contributed by atoms with E-state index in [-0.39, 0.29) is 6.42 Å². The zero-order chi connectivity index (χ0) is 9.40. The molecule has 1 atom stereocenters. The van der Waals surface area contributed by atoms with Crippen LogP contribution in [0.2, 0.25) is 0 Å². The van der Waals surface area contributed by atoms with Crippen molar-refractivity contribution in [2.24, 2.45) is 0 Å². The van der Waals surface area contributed by atoms with Gasteiger partial charge in [0.15, 0.2) is 0 Å².